The van der Waals surface area contributed by atoms with Crippen LogP contribution in [-0.4, -0.2) is 29.4 Å². The molecule has 2 N–H and O–H groups in total. The molecule has 0 amide bonds. The first-order chi connectivity index (χ1) is 15.7. The zero-order chi connectivity index (χ0) is 21.4. The highest BCUT2D eigenvalue weighted by atomic mass is 15.4. The molecule has 5 aromatic rings. The summed E-state index contributed by atoms with van der Waals surface area (Å²) < 4.78 is 3.94. The highest BCUT2D eigenvalue weighted by molar-refractivity contribution is 5.87. The number of pyridine rings is 1. The Morgan fingerprint density at radius 2 is 1.91 bits per heavy atom. The first kappa shape index (κ1) is 17.7. The van der Waals surface area contributed by atoms with Crippen LogP contribution in [0.5, 0.6) is 0 Å². The van der Waals surface area contributed by atoms with Crippen molar-refractivity contribution in [3.05, 3.63) is 65.7 Å². The van der Waals surface area contributed by atoms with E-state index in [1.165, 1.54) is 24.1 Å². The number of nitrogens with zero attached hydrogens (tertiary/aromatic N) is 7. The molecule has 32 heavy (non-hydrogen) atoms. The lowest BCUT2D eigenvalue weighted by Gasteiger charge is -2.21. The number of para-hydroxylation sites is 1. The molecule has 0 radical (unpaired) electrons. The van der Waals surface area contributed by atoms with Crippen LogP contribution in [0.25, 0.3) is 27.7 Å². The van der Waals surface area contributed by atoms with Crippen molar-refractivity contribution in [1.29, 1.82) is 0 Å². The largest absolute Gasteiger partial charge is 0.383 e. The Kier molecular flexibility index (Phi) is 3.48. The van der Waals surface area contributed by atoms with Gasteiger partial charge in [-0.05, 0) is 31.9 Å². The van der Waals surface area contributed by atoms with Crippen LogP contribution in [0.2, 0.25) is 0 Å². The van der Waals surface area contributed by atoms with E-state index in [4.69, 9.17) is 10.7 Å². The molecule has 158 valence electrons. The number of hydrogen-bond acceptors (Lipinski definition) is 6. The molecular formula is C24H22N8. The summed E-state index contributed by atoms with van der Waals surface area (Å²) in [5.74, 6) is 1.52. The lowest BCUT2D eigenvalue weighted by Crippen LogP contribution is -2.21. The molecule has 8 nitrogen and oxygen atoms in total. The number of aromatic nitrogens is 6. The normalized spacial score (nSPS) is 15.7. The maximum absolute atomic E-state index is 6.54. The van der Waals surface area contributed by atoms with Crippen LogP contribution in [0.1, 0.15) is 35.7 Å². The van der Waals surface area contributed by atoms with Crippen molar-refractivity contribution < 1.29 is 0 Å². The van der Waals surface area contributed by atoms with Gasteiger partial charge in [-0.2, -0.15) is 14.7 Å². The summed E-state index contributed by atoms with van der Waals surface area (Å²) >= 11 is 0. The fourth-order valence-electron chi connectivity index (χ4n) is 4.77. The van der Waals surface area contributed by atoms with Crippen molar-refractivity contribution in [2.75, 3.05) is 10.6 Å². The highest BCUT2D eigenvalue weighted by Gasteiger charge is 2.33. The quantitative estimate of drug-likeness (QED) is 0.474. The Hall–Kier alpha value is -3.94. The molecule has 0 atom stereocenters. The van der Waals surface area contributed by atoms with Gasteiger partial charge in [-0.25, -0.2) is 4.98 Å². The van der Waals surface area contributed by atoms with E-state index in [9.17, 15) is 0 Å². The molecule has 7 rings (SSSR count). The predicted molar refractivity (Wildman–Crippen MR) is 123 cm³/mol. The van der Waals surface area contributed by atoms with Crippen LogP contribution < -0.4 is 10.6 Å². The third-order valence-corrected chi connectivity index (χ3v) is 6.68. The summed E-state index contributed by atoms with van der Waals surface area (Å²) in [5.41, 5.74) is 13.7. The SMILES string of the molecule is Cc1c(N2Cc3cnn(C4CC4)c3C2)nc2c(-c3cnc4ccccc4c3)cnn2c1N. The summed E-state index contributed by atoms with van der Waals surface area (Å²) in [6, 6.07) is 10.8. The minimum Gasteiger partial charge on any atom is -0.383 e. The molecule has 1 saturated carbocycles. The van der Waals surface area contributed by atoms with Crippen LogP contribution in [0.3, 0.4) is 0 Å². The molecule has 1 aliphatic carbocycles. The predicted octanol–water partition coefficient (Wildman–Crippen LogP) is 3.89. The Labute approximate surface area is 184 Å². The van der Waals surface area contributed by atoms with E-state index in [0.29, 0.717) is 11.9 Å². The van der Waals surface area contributed by atoms with Crippen LogP contribution in [-0.2, 0) is 13.1 Å². The molecule has 4 aromatic heterocycles. The van der Waals surface area contributed by atoms with Gasteiger partial charge < -0.3 is 10.6 Å². The fraction of sp³-hybridized carbons (Fsp3) is 0.250. The Balaban J connectivity index is 1.34. The number of anilines is 2. The van der Waals surface area contributed by atoms with E-state index < -0.39 is 0 Å². The summed E-state index contributed by atoms with van der Waals surface area (Å²) in [7, 11) is 0. The van der Waals surface area contributed by atoms with E-state index in [1.54, 1.807) is 4.52 Å². The fourth-order valence-corrected chi connectivity index (χ4v) is 4.77. The average molecular weight is 422 g/mol. The second kappa shape index (κ2) is 6.29. The Bertz CT molecular complexity index is 1520. The van der Waals surface area contributed by atoms with E-state index in [0.717, 1.165) is 52.1 Å². The zero-order valence-electron chi connectivity index (χ0n) is 17.7. The number of fused-ring (bicyclic) bond motifs is 3. The topological polar surface area (TPSA) is 90.2 Å². The number of hydrogen-bond donors (Lipinski definition) is 1. The summed E-state index contributed by atoms with van der Waals surface area (Å²) in [6.07, 6.45) is 8.17. The van der Waals surface area contributed by atoms with Crippen molar-refractivity contribution in [3.63, 3.8) is 0 Å². The van der Waals surface area contributed by atoms with Gasteiger partial charge in [0.1, 0.15) is 11.6 Å². The van der Waals surface area contributed by atoms with Crippen LogP contribution in [0.15, 0.2) is 48.9 Å². The lowest BCUT2D eigenvalue weighted by atomic mass is 10.1. The third kappa shape index (κ3) is 2.49. The van der Waals surface area contributed by atoms with Crippen molar-refractivity contribution in [1.82, 2.24) is 29.4 Å². The van der Waals surface area contributed by atoms with Crippen LogP contribution in [0, 0.1) is 6.92 Å². The molecule has 8 heteroatoms. The lowest BCUT2D eigenvalue weighted by molar-refractivity contribution is 0.604. The van der Waals surface area contributed by atoms with Gasteiger partial charge in [-0.1, -0.05) is 18.2 Å². The van der Waals surface area contributed by atoms with Gasteiger partial charge in [0, 0.05) is 40.4 Å². The zero-order valence-corrected chi connectivity index (χ0v) is 17.7. The molecule has 1 aromatic carbocycles. The van der Waals surface area contributed by atoms with Gasteiger partial charge in [-0.15, -0.1) is 0 Å². The Morgan fingerprint density at radius 3 is 2.78 bits per heavy atom. The van der Waals surface area contributed by atoms with Gasteiger partial charge in [0.2, 0.25) is 0 Å². The minimum absolute atomic E-state index is 0.571. The van der Waals surface area contributed by atoms with Crippen molar-refractivity contribution in [3.8, 4) is 11.1 Å². The molecular weight excluding hydrogens is 400 g/mol. The number of benzene rings is 1. The Morgan fingerprint density at radius 1 is 1.03 bits per heavy atom. The standard InChI is InChI=1S/C24H22N8/c1-14-22(25)32-24(19(11-28-32)16-8-15-4-2-3-5-20(15)26-9-16)29-23(14)30-12-17-10-27-31(18-6-7-18)21(17)13-30/h2-5,8-11,18H,6-7,12-13,25H2,1H3. The van der Waals surface area contributed by atoms with E-state index in [2.05, 4.69) is 36.9 Å². The first-order valence-electron chi connectivity index (χ1n) is 11.0. The second-order valence-corrected chi connectivity index (χ2v) is 8.80. The van der Waals surface area contributed by atoms with Gasteiger partial charge in [0.25, 0.3) is 0 Å². The smallest absolute Gasteiger partial charge is 0.167 e. The molecule has 1 fully saturated rings. The van der Waals surface area contributed by atoms with Crippen molar-refractivity contribution in [2.24, 2.45) is 0 Å². The molecule has 0 bridgehead atoms. The second-order valence-electron chi connectivity index (χ2n) is 8.80. The van der Waals surface area contributed by atoms with Crippen LogP contribution >= 0.6 is 0 Å². The first-order valence-corrected chi connectivity index (χ1v) is 11.0. The number of nitrogens with two attached hydrogens (primary N) is 1. The average Bonchev–Trinajstić information content (AvgIpc) is 3.24. The summed E-state index contributed by atoms with van der Waals surface area (Å²) in [5, 5.41) is 10.2. The minimum atomic E-state index is 0.571. The summed E-state index contributed by atoms with van der Waals surface area (Å²) in [6.45, 7) is 3.62. The van der Waals surface area contributed by atoms with E-state index in [-0.39, 0.29) is 0 Å². The van der Waals surface area contributed by atoms with Gasteiger partial charge >= 0.3 is 0 Å². The number of rotatable bonds is 3. The summed E-state index contributed by atoms with van der Waals surface area (Å²) in [4.78, 5) is 12.0. The van der Waals surface area contributed by atoms with Gasteiger partial charge in [0.15, 0.2) is 5.65 Å². The van der Waals surface area contributed by atoms with E-state index in [1.807, 2.05) is 43.7 Å². The molecule has 0 spiro atoms. The third-order valence-electron chi connectivity index (χ3n) is 6.68. The molecule has 0 saturated heterocycles. The van der Waals surface area contributed by atoms with Crippen molar-refractivity contribution >= 4 is 28.2 Å². The monoisotopic (exact) mass is 422 g/mol. The highest BCUT2D eigenvalue weighted by Crippen LogP contribution is 2.39. The van der Waals surface area contributed by atoms with Crippen LogP contribution in [0.4, 0.5) is 11.6 Å². The molecule has 5 heterocycles. The maximum Gasteiger partial charge on any atom is 0.167 e. The molecule has 2 aliphatic rings. The molecule has 0 unspecified atom stereocenters. The van der Waals surface area contributed by atoms with Gasteiger partial charge in [0.05, 0.1) is 36.2 Å². The maximum atomic E-state index is 6.54. The number of nitrogen functional groups attached to an aromatic ring is 1. The van der Waals surface area contributed by atoms with Crippen molar-refractivity contribution in [2.45, 2.75) is 38.9 Å². The van der Waals surface area contributed by atoms with E-state index >= 15 is 0 Å². The van der Waals surface area contributed by atoms with Gasteiger partial charge in [-0.3, -0.25) is 9.67 Å². The molecule has 1 aliphatic heterocycles.